The van der Waals surface area contributed by atoms with E-state index in [1.165, 1.54) is 16.3 Å². The number of aliphatic imine (C=N–C) groups is 2. The summed E-state index contributed by atoms with van der Waals surface area (Å²) < 4.78 is 8.74. The monoisotopic (exact) mass is 768 g/mol. The number of hydrogen-bond acceptors (Lipinski definition) is 4. The number of hydrogen-bond donors (Lipinski definition) is 1. The largest absolute Gasteiger partial charge is 0.456 e. The van der Waals surface area contributed by atoms with Crippen molar-refractivity contribution in [3.63, 3.8) is 0 Å². The number of benzene rings is 8. The molecule has 0 saturated carbocycles. The zero-order valence-electron chi connectivity index (χ0n) is 32.8. The maximum atomic E-state index is 6.40. The average molecular weight is 768 g/mol. The fraction of sp³-hybridized carbons (Fsp3) is 0.0196. The summed E-state index contributed by atoms with van der Waals surface area (Å²) in [5.74, 6) is 1.25. The summed E-state index contributed by atoms with van der Waals surface area (Å²) in [7, 11) is 31.2. The van der Waals surface area contributed by atoms with E-state index in [0.29, 0.717) is 17.2 Å². The van der Waals surface area contributed by atoms with Crippen molar-refractivity contribution in [2.75, 3.05) is 0 Å². The van der Waals surface area contributed by atoms with Gasteiger partial charge in [-0.2, -0.15) is 0 Å². The Bertz CT molecular complexity index is 3420. The molecule has 61 heavy (non-hydrogen) atoms. The summed E-state index contributed by atoms with van der Waals surface area (Å²) in [6, 6.07) is 56.2. The molecule has 1 unspecified atom stereocenters. The molecule has 0 amide bonds. The van der Waals surface area contributed by atoms with E-state index >= 15 is 0 Å². The molecule has 10 aromatic rings. The van der Waals surface area contributed by atoms with E-state index in [0.717, 1.165) is 66.5 Å². The van der Waals surface area contributed by atoms with Crippen LogP contribution in [0.25, 0.3) is 71.7 Å². The number of fused-ring (bicyclic) bond motifs is 6. The van der Waals surface area contributed by atoms with Crippen molar-refractivity contribution in [1.82, 2.24) is 9.88 Å². The number of amidine groups is 2. The second-order valence-corrected chi connectivity index (χ2v) is 15.3. The fourth-order valence-corrected chi connectivity index (χ4v) is 8.59. The van der Waals surface area contributed by atoms with Gasteiger partial charge in [-0.1, -0.05) is 114 Å². The molecular weight excluding hydrogens is 739 g/mol. The van der Waals surface area contributed by atoms with E-state index in [-0.39, 0.29) is 27.3 Å². The Morgan fingerprint density at radius 3 is 1.69 bits per heavy atom. The Hall–Kier alpha value is -7.18. The molecule has 1 aliphatic rings. The van der Waals surface area contributed by atoms with Gasteiger partial charge < -0.3 is 14.3 Å². The molecule has 2 aromatic heterocycles. The van der Waals surface area contributed by atoms with Gasteiger partial charge in [0.05, 0.1) is 11.0 Å². The van der Waals surface area contributed by atoms with Crippen LogP contribution in [-0.4, -0.2) is 55.5 Å². The van der Waals surface area contributed by atoms with E-state index in [2.05, 4.69) is 113 Å². The van der Waals surface area contributed by atoms with E-state index in [1.807, 2.05) is 60.7 Å². The van der Waals surface area contributed by atoms with Crippen LogP contribution in [0, 0.1) is 0 Å². The lowest BCUT2D eigenvalue weighted by Crippen LogP contribution is -2.55. The summed E-state index contributed by atoms with van der Waals surface area (Å²) >= 11 is 0. The first-order valence-electron chi connectivity index (χ1n) is 20.0. The van der Waals surface area contributed by atoms with Crippen molar-refractivity contribution in [3.8, 4) is 27.9 Å². The van der Waals surface area contributed by atoms with Crippen molar-refractivity contribution in [1.29, 1.82) is 0 Å². The van der Waals surface area contributed by atoms with Crippen molar-refractivity contribution in [3.05, 3.63) is 180 Å². The molecule has 1 N–H and O–H groups in total. The normalized spacial score (nSPS) is 14.1. The van der Waals surface area contributed by atoms with Crippen LogP contribution in [0.4, 0.5) is 0 Å². The number of nitrogens with zero attached hydrogens (tertiary/aromatic N) is 3. The van der Waals surface area contributed by atoms with Crippen LogP contribution in [0.5, 0.6) is 0 Å². The number of aromatic nitrogens is 1. The van der Waals surface area contributed by atoms with Crippen LogP contribution in [0.2, 0.25) is 0 Å². The number of nitrogens with one attached hydrogen (secondary N) is 1. The average Bonchev–Trinajstić information content (AvgIpc) is 3.85. The van der Waals surface area contributed by atoms with Crippen molar-refractivity contribution < 1.29 is 4.42 Å². The highest BCUT2D eigenvalue weighted by Gasteiger charge is 2.23. The van der Waals surface area contributed by atoms with Gasteiger partial charge in [-0.15, -0.1) is 16.4 Å². The third-order valence-electron chi connectivity index (χ3n) is 11.8. The number of para-hydroxylation sites is 2. The zero-order chi connectivity index (χ0) is 41.4. The third-order valence-corrected chi connectivity index (χ3v) is 11.8. The lowest BCUT2D eigenvalue weighted by molar-refractivity contribution is 0.668. The Balaban J connectivity index is 0.987. The van der Waals surface area contributed by atoms with Gasteiger partial charge in [0.2, 0.25) is 0 Å². The zero-order valence-corrected chi connectivity index (χ0v) is 32.8. The van der Waals surface area contributed by atoms with Crippen LogP contribution in [0.3, 0.4) is 0 Å². The highest BCUT2D eigenvalue weighted by molar-refractivity contribution is 6.68. The first kappa shape index (κ1) is 36.9. The van der Waals surface area contributed by atoms with Crippen molar-refractivity contribution >= 4 is 122 Å². The van der Waals surface area contributed by atoms with Gasteiger partial charge >= 0.3 is 0 Å². The molecule has 274 valence electrons. The predicted molar refractivity (Wildman–Crippen MR) is 258 cm³/mol. The molecule has 5 nitrogen and oxygen atoms in total. The van der Waals surface area contributed by atoms with Crippen LogP contribution < -0.4 is 32.6 Å². The molecule has 1 atom stereocenters. The summed E-state index contributed by atoms with van der Waals surface area (Å²) in [4.78, 5) is 10.2. The Morgan fingerprint density at radius 1 is 0.459 bits per heavy atom. The highest BCUT2D eigenvalue weighted by atomic mass is 16.3. The van der Waals surface area contributed by atoms with Gasteiger partial charge in [-0.3, -0.25) is 0 Å². The summed E-state index contributed by atoms with van der Waals surface area (Å²) in [6.45, 7) is 0. The molecule has 0 bridgehead atoms. The first-order valence-corrected chi connectivity index (χ1v) is 20.0. The Morgan fingerprint density at radius 2 is 0.984 bits per heavy atom. The van der Waals surface area contributed by atoms with Crippen LogP contribution in [0.1, 0.15) is 22.9 Å². The Labute approximate surface area is 359 Å². The summed E-state index contributed by atoms with van der Waals surface area (Å²) in [5.41, 5.74) is 12.4. The third kappa shape index (κ3) is 6.16. The van der Waals surface area contributed by atoms with E-state index < -0.39 is 6.17 Å². The molecule has 0 fully saturated rings. The second kappa shape index (κ2) is 14.5. The van der Waals surface area contributed by atoms with Gasteiger partial charge in [0, 0.05) is 38.4 Å². The van der Waals surface area contributed by atoms with E-state index in [4.69, 9.17) is 53.6 Å². The molecule has 0 saturated heterocycles. The molecule has 3 heterocycles. The standard InChI is InChI=1S/C51H29B5N4O/c52-44-43(45(53)47(55)48(56)46(44)54)28-15-17-30(18-16-28)50-57-49(29-9-3-1-4-10-29)58-51(59-50)33-21-24-42-38(27-33)37-26-32(20-23-41(37)61-42)31-19-22-40-36(25-31)35-13-7-8-14-39(35)60(40)34-11-5-2-6-12-34/h1-27,49H,(H,57,58,59). The minimum atomic E-state index is -0.391. The van der Waals surface area contributed by atoms with Gasteiger partial charge in [0.1, 0.15) is 62.4 Å². The fourth-order valence-electron chi connectivity index (χ4n) is 8.59. The molecular formula is C51H29B5N4O. The molecule has 0 aliphatic carbocycles. The van der Waals surface area contributed by atoms with Gasteiger partial charge in [0.25, 0.3) is 0 Å². The molecule has 1 aliphatic heterocycles. The SMILES string of the molecule is [B]c1c([B])c([B])c(-c2ccc(C3=NC(c4ccccc4)NC(c4ccc5oc6ccc(-c7ccc8c(c7)c7ccccc7n8-c7ccccc7)cc6c5c4)=N3)cc2)c([B])c1[B]. The molecule has 8 aromatic carbocycles. The van der Waals surface area contributed by atoms with E-state index in [9.17, 15) is 0 Å². The van der Waals surface area contributed by atoms with Crippen molar-refractivity contribution in [2.24, 2.45) is 9.98 Å². The maximum Gasteiger partial charge on any atom is 0.159 e. The minimum Gasteiger partial charge on any atom is -0.456 e. The van der Waals surface area contributed by atoms with Crippen LogP contribution in [0.15, 0.2) is 178 Å². The summed E-state index contributed by atoms with van der Waals surface area (Å²) in [5, 5.41) is 8.02. The summed E-state index contributed by atoms with van der Waals surface area (Å²) in [6.07, 6.45) is -0.391. The molecule has 10 heteroatoms. The van der Waals surface area contributed by atoms with Crippen LogP contribution in [-0.2, 0) is 0 Å². The maximum absolute atomic E-state index is 6.40. The van der Waals surface area contributed by atoms with Crippen LogP contribution >= 0.6 is 0 Å². The van der Waals surface area contributed by atoms with Gasteiger partial charge in [-0.05, 0) is 88.5 Å². The molecule has 0 spiro atoms. The highest BCUT2D eigenvalue weighted by Crippen LogP contribution is 2.37. The quantitative estimate of drug-likeness (QED) is 0.197. The van der Waals surface area contributed by atoms with Gasteiger partial charge in [-0.25, -0.2) is 9.98 Å². The lowest BCUT2D eigenvalue weighted by Gasteiger charge is -2.24. The number of rotatable bonds is 6. The minimum absolute atomic E-state index is 0.178. The first-order chi connectivity index (χ1) is 29.8. The topological polar surface area (TPSA) is 54.8 Å². The lowest BCUT2D eigenvalue weighted by atomic mass is 9.59. The number of furan rings is 1. The van der Waals surface area contributed by atoms with Gasteiger partial charge in [0.15, 0.2) is 5.84 Å². The smallest absolute Gasteiger partial charge is 0.159 e. The molecule has 11 rings (SSSR count). The van der Waals surface area contributed by atoms with Crippen molar-refractivity contribution in [2.45, 2.75) is 6.17 Å². The second-order valence-electron chi connectivity index (χ2n) is 15.3. The predicted octanol–water partition coefficient (Wildman–Crippen LogP) is 6.48. The van der Waals surface area contributed by atoms with E-state index in [1.54, 1.807) is 0 Å². The Kier molecular flexibility index (Phi) is 8.78. The molecule has 10 radical (unpaired) electrons.